The van der Waals surface area contributed by atoms with Crippen LogP contribution < -0.4 is 0 Å². The van der Waals surface area contributed by atoms with Crippen LogP contribution in [0.1, 0.15) is 97.3 Å². The van der Waals surface area contributed by atoms with Gasteiger partial charge in [0.15, 0.2) is 0 Å². The molecule has 2 aliphatic rings. The zero-order valence-electron chi connectivity index (χ0n) is 21.0. The Labute approximate surface area is 197 Å². The summed E-state index contributed by atoms with van der Waals surface area (Å²) < 4.78 is 6.10. The molecule has 3 rings (SSSR count). The fourth-order valence-electron chi connectivity index (χ4n) is 6.47. The summed E-state index contributed by atoms with van der Waals surface area (Å²) in [6.45, 7) is 19.0. The zero-order chi connectivity index (χ0) is 22.9. The Morgan fingerprint density at radius 3 is 1.87 bits per heavy atom. The van der Waals surface area contributed by atoms with Gasteiger partial charge in [0, 0.05) is 0 Å². The van der Waals surface area contributed by atoms with E-state index in [-0.39, 0.29) is 0 Å². The first-order valence-corrected chi connectivity index (χ1v) is 21.7. The Kier molecular flexibility index (Phi) is 7.98. The predicted octanol–water partition coefficient (Wildman–Crippen LogP) is 8.44. The molecular formula is C27H41Ge2N2. The number of benzene rings is 1. The van der Waals surface area contributed by atoms with Gasteiger partial charge < -0.3 is 0 Å². The predicted molar refractivity (Wildman–Crippen MR) is 142 cm³/mol. The van der Waals surface area contributed by atoms with E-state index in [0.717, 1.165) is 21.7 Å². The van der Waals surface area contributed by atoms with Crippen LogP contribution in [0.3, 0.4) is 0 Å². The summed E-state index contributed by atoms with van der Waals surface area (Å²) in [5, 5.41) is 12.8. The molecule has 0 fully saturated rings. The molecule has 2 unspecified atom stereocenters. The molecule has 0 spiro atoms. The van der Waals surface area contributed by atoms with Gasteiger partial charge in [-0.2, -0.15) is 0 Å². The first kappa shape index (κ1) is 24.8. The number of hydrogen-bond acceptors (Lipinski definition) is 2. The Hall–Kier alpha value is -0.834. The van der Waals surface area contributed by atoms with Crippen molar-refractivity contribution in [3.63, 3.8) is 0 Å². The van der Waals surface area contributed by atoms with Gasteiger partial charge in [0.1, 0.15) is 0 Å². The van der Waals surface area contributed by atoms with Crippen molar-refractivity contribution in [1.29, 1.82) is 5.41 Å². The first-order chi connectivity index (χ1) is 14.9. The van der Waals surface area contributed by atoms with Crippen LogP contribution in [0.4, 0.5) is 0 Å². The van der Waals surface area contributed by atoms with Crippen LogP contribution in [0.15, 0.2) is 15.1 Å². The summed E-state index contributed by atoms with van der Waals surface area (Å²) in [5.74, 6) is 0. The second-order valence-corrected chi connectivity index (χ2v) is 25.5. The van der Waals surface area contributed by atoms with Gasteiger partial charge >= 0.3 is 199 Å². The minimum absolute atomic E-state index is 0.460. The molecule has 167 valence electrons. The first-order valence-electron chi connectivity index (χ1n) is 12.4. The van der Waals surface area contributed by atoms with Gasteiger partial charge in [-0.05, 0) is 0 Å². The summed E-state index contributed by atoms with van der Waals surface area (Å²) in [4.78, 5) is 0. The van der Waals surface area contributed by atoms with E-state index < -0.39 is 27.8 Å². The van der Waals surface area contributed by atoms with Crippen molar-refractivity contribution < 1.29 is 0 Å². The van der Waals surface area contributed by atoms with Gasteiger partial charge in [-0.25, -0.2) is 0 Å². The second kappa shape index (κ2) is 9.97. The topological polar surface area (TPSA) is 36.2 Å². The van der Waals surface area contributed by atoms with Crippen molar-refractivity contribution in [2.24, 2.45) is 3.95 Å². The van der Waals surface area contributed by atoms with Crippen molar-refractivity contribution in [2.45, 2.75) is 98.7 Å². The van der Waals surface area contributed by atoms with Gasteiger partial charge in [0.2, 0.25) is 0 Å². The van der Waals surface area contributed by atoms with Gasteiger partial charge in [-0.15, -0.1) is 0 Å². The van der Waals surface area contributed by atoms with Gasteiger partial charge in [0.05, 0.1) is 0 Å². The third-order valence-corrected chi connectivity index (χ3v) is 25.2. The molecule has 2 aliphatic carbocycles. The molecule has 0 aliphatic heterocycles. The molecule has 0 aromatic heterocycles. The third kappa shape index (κ3) is 3.81. The molecule has 0 saturated carbocycles. The van der Waals surface area contributed by atoms with Crippen molar-refractivity contribution in [3.05, 3.63) is 44.5 Å². The monoisotopic (exact) mass is 541 g/mol. The average Bonchev–Trinajstić information content (AvgIpc) is 3.37. The molecule has 0 heterocycles. The van der Waals surface area contributed by atoms with E-state index in [4.69, 9.17) is 9.36 Å². The molecular weight excluding hydrogens is 498 g/mol. The van der Waals surface area contributed by atoms with Crippen LogP contribution in [-0.4, -0.2) is 33.8 Å². The minimum atomic E-state index is -2.69. The molecule has 1 N–H and O–H groups in total. The third-order valence-electron chi connectivity index (χ3n) is 8.35. The number of fused-ring (bicyclic) bond motifs is 2. The maximum absolute atomic E-state index is 7.73. The van der Waals surface area contributed by atoms with Gasteiger partial charge in [0.25, 0.3) is 0 Å². The molecule has 2 nitrogen and oxygen atoms in total. The van der Waals surface area contributed by atoms with E-state index in [1.54, 1.807) is 33.4 Å². The number of hydrogen-bond donors (Lipinski definition) is 1. The van der Waals surface area contributed by atoms with Crippen molar-refractivity contribution >= 4 is 46.0 Å². The number of nitrogens with one attached hydrogen (secondary N) is 1. The van der Waals surface area contributed by atoms with Crippen LogP contribution in [0.2, 0.25) is 21.0 Å². The normalized spacial score (nSPS) is 19.8. The van der Waals surface area contributed by atoms with Crippen molar-refractivity contribution in [2.75, 3.05) is 0 Å². The van der Waals surface area contributed by atoms with E-state index in [9.17, 15) is 0 Å². The van der Waals surface area contributed by atoms with Crippen LogP contribution in [0.5, 0.6) is 0 Å². The molecule has 2 atom stereocenters. The Bertz CT molecular complexity index is 958. The molecule has 1 aromatic rings. The number of nitrogens with zero attached hydrogens (tertiary/aromatic N) is 1. The molecule has 0 amide bonds. The Morgan fingerprint density at radius 2 is 1.39 bits per heavy atom. The summed E-state index contributed by atoms with van der Waals surface area (Å²) >= 11 is -3.87. The van der Waals surface area contributed by atoms with Crippen molar-refractivity contribution in [3.8, 4) is 0 Å². The molecule has 0 bridgehead atoms. The fourth-order valence-corrected chi connectivity index (χ4v) is 20.7. The van der Waals surface area contributed by atoms with Crippen LogP contribution >= 0.6 is 0 Å². The second-order valence-electron chi connectivity index (χ2n) is 9.32. The summed E-state index contributed by atoms with van der Waals surface area (Å²) in [7, 11) is 0. The van der Waals surface area contributed by atoms with E-state index in [0.29, 0.717) is 4.75 Å². The standard InChI is InChI=1S/C27H41Ge2N2/c1-9-20-15-22-19(8)25-23(18(7)24(22)26(20)28(11-3)12-4)16-21(10-2)27(25)29(13-5,14-6)31-17-30/h15-16,26-27,30H,9-14H2,1-8H3. The summed E-state index contributed by atoms with van der Waals surface area (Å²) in [5.41, 5.74) is 12.7. The molecule has 1 aromatic carbocycles. The quantitative estimate of drug-likeness (QED) is 0.242. The van der Waals surface area contributed by atoms with E-state index in [2.05, 4.69) is 73.6 Å². The van der Waals surface area contributed by atoms with E-state index >= 15 is 0 Å². The summed E-state index contributed by atoms with van der Waals surface area (Å²) in [6, 6.07) is 2.53. The maximum atomic E-state index is 7.73. The Balaban J connectivity index is 2.33. The Morgan fingerprint density at radius 1 is 0.871 bits per heavy atom. The molecule has 1 radical (unpaired) electrons. The fraction of sp³-hybridized carbons (Fsp3) is 0.593. The molecule has 0 saturated heterocycles. The van der Waals surface area contributed by atoms with E-state index in [1.807, 2.05) is 0 Å². The van der Waals surface area contributed by atoms with Crippen LogP contribution in [-0.2, 0) is 0 Å². The average molecular weight is 539 g/mol. The summed E-state index contributed by atoms with van der Waals surface area (Å²) in [6.07, 6.45) is 7.41. The van der Waals surface area contributed by atoms with Gasteiger partial charge in [-0.1, -0.05) is 0 Å². The molecule has 31 heavy (non-hydrogen) atoms. The van der Waals surface area contributed by atoms with Gasteiger partial charge in [-0.3, -0.25) is 0 Å². The SMILES string of the molecule is CCC1=Cc2c(C)c3c(c(C)c2[CH]1[Ge]([CH2]C)[CH2]C)C=C(CC)[CH]3[Ge]([CH2]C)([CH2]C)[N]=C=N. The van der Waals surface area contributed by atoms with Crippen LogP contribution in [0, 0.1) is 19.3 Å². The van der Waals surface area contributed by atoms with Crippen LogP contribution in [0.25, 0.3) is 12.2 Å². The van der Waals surface area contributed by atoms with Crippen molar-refractivity contribution in [1.82, 2.24) is 0 Å². The zero-order valence-corrected chi connectivity index (χ0v) is 25.2. The number of rotatable bonds is 9. The molecule has 4 heteroatoms. The van der Waals surface area contributed by atoms with E-state index in [1.165, 1.54) is 28.1 Å². The number of allylic oxidation sites excluding steroid dienone is 2.